The molecular formula is C20H27N3O3. The number of likely N-dealkylation sites (tertiary alicyclic amines) is 1. The molecule has 1 saturated carbocycles. The maximum Gasteiger partial charge on any atom is 0.313 e. The summed E-state index contributed by atoms with van der Waals surface area (Å²) in [4.78, 5) is 38.0. The molecule has 2 atom stereocenters. The molecule has 2 fully saturated rings. The van der Waals surface area contributed by atoms with E-state index >= 15 is 0 Å². The number of rotatable bonds is 2. The Balaban J connectivity index is 1.65. The third kappa shape index (κ3) is 3.89. The summed E-state index contributed by atoms with van der Waals surface area (Å²) in [6, 6.07) is 6.86. The quantitative estimate of drug-likeness (QED) is 0.799. The van der Waals surface area contributed by atoms with Crippen LogP contribution in [0, 0.1) is 10.8 Å². The minimum atomic E-state index is -0.605. The lowest BCUT2D eigenvalue weighted by Crippen LogP contribution is -2.43. The number of hydrogen-bond acceptors (Lipinski definition) is 3. The Labute approximate surface area is 154 Å². The van der Waals surface area contributed by atoms with Gasteiger partial charge in [-0.3, -0.25) is 14.4 Å². The summed E-state index contributed by atoms with van der Waals surface area (Å²) in [5.74, 6) is -1.22. The van der Waals surface area contributed by atoms with Gasteiger partial charge < -0.3 is 15.5 Å². The largest absolute Gasteiger partial charge is 0.331 e. The SMILES string of the molecule is CC(=O)Nc1ccc(NC(=O)C(=O)N2CC3(C)CC2CC(C)(C)C3)cc1. The summed E-state index contributed by atoms with van der Waals surface area (Å²) in [7, 11) is 0. The zero-order chi connectivity index (χ0) is 19.1. The number of nitrogens with zero attached hydrogens (tertiary/aromatic N) is 1. The highest BCUT2D eigenvalue weighted by Crippen LogP contribution is 2.52. The molecule has 1 heterocycles. The minimum absolute atomic E-state index is 0.0996. The number of amides is 3. The van der Waals surface area contributed by atoms with Crippen LogP contribution in [0.25, 0.3) is 0 Å². The van der Waals surface area contributed by atoms with Crippen LogP contribution in [0.3, 0.4) is 0 Å². The fraction of sp³-hybridized carbons (Fsp3) is 0.550. The van der Waals surface area contributed by atoms with Gasteiger partial charge in [-0.15, -0.1) is 0 Å². The molecule has 140 valence electrons. The van der Waals surface area contributed by atoms with Crippen LogP contribution in [0.15, 0.2) is 24.3 Å². The summed E-state index contributed by atoms with van der Waals surface area (Å²) < 4.78 is 0. The molecule has 1 aromatic rings. The van der Waals surface area contributed by atoms with Crippen LogP contribution >= 0.6 is 0 Å². The molecule has 0 radical (unpaired) electrons. The molecule has 2 bridgehead atoms. The summed E-state index contributed by atoms with van der Waals surface area (Å²) in [6.07, 6.45) is 2.99. The minimum Gasteiger partial charge on any atom is -0.331 e. The maximum absolute atomic E-state index is 12.7. The van der Waals surface area contributed by atoms with Crippen molar-refractivity contribution in [2.24, 2.45) is 10.8 Å². The van der Waals surface area contributed by atoms with Crippen molar-refractivity contribution >= 4 is 29.1 Å². The van der Waals surface area contributed by atoms with Gasteiger partial charge in [-0.25, -0.2) is 0 Å². The van der Waals surface area contributed by atoms with Gasteiger partial charge in [-0.1, -0.05) is 20.8 Å². The van der Waals surface area contributed by atoms with E-state index in [1.54, 1.807) is 29.2 Å². The number of fused-ring (bicyclic) bond motifs is 2. The predicted octanol–water partition coefficient (Wildman–Crippen LogP) is 3.01. The van der Waals surface area contributed by atoms with Crippen LogP contribution in [0.2, 0.25) is 0 Å². The molecule has 1 aliphatic carbocycles. The van der Waals surface area contributed by atoms with E-state index in [-0.39, 0.29) is 22.8 Å². The lowest BCUT2D eigenvalue weighted by Gasteiger charge is -2.39. The van der Waals surface area contributed by atoms with E-state index in [4.69, 9.17) is 0 Å². The van der Waals surface area contributed by atoms with Gasteiger partial charge in [0.05, 0.1) is 0 Å². The molecule has 26 heavy (non-hydrogen) atoms. The zero-order valence-corrected chi connectivity index (χ0v) is 15.9. The second-order valence-corrected chi connectivity index (χ2v) is 8.86. The third-order valence-electron chi connectivity index (χ3n) is 5.33. The standard InChI is InChI=1S/C20H27N3O3/c1-13(24)21-14-5-7-15(8-6-14)22-17(25)18(26)23-12-20(4)10-16(23)9-19(2,3)11-20/h5-8,16H,9-12H2,1-4H3,(H,21,24)(H,22,25). The van der Waals surface area contributed by atoms with Gasteiger partial charge >= 0.3 is 11.8 Å². The van der Waals surface area contributed by atoms with Crippen molar-refractivity contribution in [3.05, 3.63) is 24.3 Å². The van der Waals surface area contributed by atoms with Crippen molar-refractivity contribution in [2.45, 2.75) is 53.0 Å². The average Bonchev–Trinajstić information content (AvgIpc) is 2.76. The van der Waals surface area contributed by atoms with E-state index in [0.29, 0.717) is 17.9 Å². The first-order chi connectivity index (χ1) is 12.1. The number of nitrogens with one attached hydrogen (secondary N) is 2. The van der Waals surface area contributed by atoms with Gasteiger partial charge in [0, 0.05) is 30.9 Å². The second kappa shape index (κ2) is 6.41. The maximum atomic E-state index is 12.7. The molecule has 0 aromatic heterocycles. The topological polar surface area (TPSA) is 78.5 Å². The van der Waals surface area contributed by atoms with Crippen molar-refractivity contribution in [2.75, 3.05) is 17.2 Å². The zero-order valence-electron chi connectivity index (χ0n) is 15.9. The fourth-order valence-electron chi connectivity index (χ4n) is 4.85. The summed E-state index contributed by atoms with van der Waals surface area (Å²) >= 11 is 0. The molecule has 3 rings (SSSR count). The van der Waals surface area contributed by atoms with Crippen LogP contribution in [-0.4, -0.2) is 35.2 Å². The van der Waals surface area contributed by atoms with Gasteiger partial charge in [0.15, 0.2) is 0 Å². The highest BCUT2D eigenvalue weighted by atomic mass is 16.2. The van der Waals surface area contributed by atoms with Crippen LogP contribution < -0.4 is 10.6 Å². The lowest BCUT2D eigenvalue weighted by atomic mass is 9.65. The van der Waals surface area contributed by atoms with E-state index in [2.05, 4.69) is 31.4 Å². The van der Waals surface area contributed by atoms with E-state index in [1.807, 2.05) is 0 Å². The Kier molecular flexibility index (Phi) is 4.54. The monoisotopic (exact) mass is 357 g/mol. The van der Waals surface area contributed by atoms with Gasteiger partial charge in [0.1, 0.15) is 0 Å². The van der Waals surface area contributed by atoms with E-state index in [0.717, 1.165) is 19.3 Å². The highest BCUT2D eigenvalue weighted by molar-refractivity contribution is 6.39. The van der Waals surface area contributed by atoms with E-state index in [9.17, 15) is 14.4 Å². The first-order valence-corrected chi connectivity index (χ1v) is 9.07. The fourth-order valence-corrected chi connectivity index (χ4v) is 4.85. The summed E-state index contributed by atoms with van der Waals surface area (Å²) in [5, 5.41) is 5.33. The smallest absolute Gasteiger partial charge is 0.313 e. The third-order valence-corrected chi connectivity index (χ3v) is 5.33. The van der Waals surface area contributed by atoms with Gasteiger partial charge in [0.2, 0.25) is 5.91 Å². The number of hydrogen-bond donors (Lipinski definition) is 2. The second-order valence-electron chi connectivity index (χ2n) is 8.86. The molecule has 6 nitrogen and oxygen atoms in total. The molecule has 0 spiro atoms. The Bertz CT molecular complexity index is 741. The van der Waals surface area contributed by atoms with Crippen LogP contribution in [-0.2, 0) is 14.4 Å². The van der Waals surface area contributed by atoms with Crippen molar-refractivity contribution in [1.82, 2.24) is 4.90 Å². The Morgan fingerprint density at radius 1 is 1.00 bits per heavy atom. The van der Waals surface area contributed by atoms with E-state index < -0.39 is 11.8 Å². The van der Waals surface area contributed by atoms with Crippen molar-refractivity contribution in [1.29, 1.82) is 0 Å². The predicted molar refractivity (Wildman–Crippen MR) is 101 cm³/mol. The molecular weight excluding hydrogens is 330 g/mol. The molecule has 6 heteroatoms. The summed E-state index contributed by atoms with van der Waals surface area (Å²) in [5.41, 5.74) is 1.47. The molecule has 2 aliphatic rings. The summed E-state index contributed by atoms with van der Waals surface area (Å²) in [6.45, 7) is 8.77. The molecule has 1 aromatic carbocycles. The van der Waals surface area contributed by atoms with Gasteiger partial charge in [-0.2, -0.15) is 0 Å². The normalized spacial score (nSPS) is 26.3. The number of carbonyl (C=O) groups excluding carboxylic acids is 3. The Morgan fingerprint density at radius 2 is 1.58 bits per heavy atom. The Morgan fingerprint density at radius 3 is 2.15 bits per heavy atom. The van der Waals surface area contributed by atoms with E-state index in [1.165, 1.54) is 6.92 Å². The number of benzene rings is 1. The van der Waals surface area contributed by atoms with Crippen molar-refractivity contribution in [3.8, 4) is 0 Å². The van der Waals surface area contributed by atoms with Crippen molar-refractivity contribution < 1.29 is 14.4 Å². The molecule has 3 amide bonds. The Hall–Kier alpha value is -2.37. The van der Waals surface area contributed by atoms with Crippen molar-refractivity contribution in [3.63, 3.8) is 0 Å². The number of anilines is 2. The molecule has 2 unspecified atom stereocenters. The molecule has 2 N–H and O–H groups in total. The first-order valence-electron chi connectivity index (χ1n) is 9.07. The molecule has 1 aliphatic heterocycles. The van der Waals surface area contributed by atoms with Gasteiger partial charge in [-0.05, 0) is 54.4 Å². The van der Waals surface area contributed by atoms with Crippen LogP contribution in [0.4, 0.5) is 11.4 Å². The van der Waals surface area contributed by atoms with Crippen LogP contribution in [0.5, 0.6) is 0 Å². The van der Waals surface area contributed by atoms with Gasteiger partial charge in [0.25, 0.3) is 0 Å². The molecule has 1 saturated heterocycles. The average molecular weight is 357 g/mol. The van der Waals surface area contributed by atoms with Crippen LogP contribution in [0.1, 0.15) is 47.0 Å². The highest BCUT2D eigenvalue weighted by Gasteiger charge is 2.51. The lowest BCUT2D eigenvalue weighted by molar-refractivity contribution is -0.144. The number of carbonyl (C=O) groups is 3. The first kappa shape index (κ1) is 18.4.